The number of piperazine rings is 1. The number of rotatable bonds is 3. The van der Waals surface area contributed by atoms with Gasteiger partial charge in [-0.05, 0) is 31.2 Å². The number of ether oxygens (including phenoxy) is 1. The van der Waals surface area contributed by atoms with Crippen molar-refractivity contribution in [3.05, 3.63) is 29.3 Å². The van der Waals surface area contributed by atoms with Crippen LogP contribution >= 0.6 is 0 Å². The number of hydrogen-bond donors (Lipinski definition) is 1. The number of hydrogen-bond acceptors (Lipinski definition) is 4. The smallest absolute Gasteiger partial charge is 0.122 e. The molecule has 0 radical (unpaired) electrons. The van der Waals surface area contributed by atoms with E-state index in [0.717, 1.165) is 38.4 Å². The van der Waals surface area contributed by atoms with Gasteiger partial charge in [0.15, 0.2) is 0 Å². The molecule has 0 saturated carbocycles. The van der Waals surface area contributed by atoms with Crippen LogP contribution in [0.25, 0.3) is 0 Å². The van der Waals surface area contributed by atoms with Crippen LogP contribution in [0.15, 0.2) is 18.2 Å². The molecule has 0 aliphatic carbocycles. The summed E-state index contributed by atoms with van der Waals surface area (Å²) in [6.07, 6.45) is 1.03. The molecule has 2 aliphatic rings. The van der Waals surface area contributed by atoms with Gasteiger partial charge in [-0.1, -0.05) is 12.1 Å². The van der Waals surface area contributed by atoms with E-state index in [1.165, 1.54) is 11.1 Å². The van der Waals surface area contributed by atoms with Crippen molar-refractivity contribution in [2.45, 2.75) is 25.4 Å². The Kier molecular flexibility index (Phi) is 3.96. The van der Waals surface area contributed by atoms with Crippen LogP contribution in [-0.4, -0.2) is 55.7 Å². The third-order valence-electron chi connectivity index (χ3n) is 4.60. The van der Waals surface area contributed by atoms with Crippen molar-refractivity contribution in [1.29, 1.82) is 0 Å². The van der Waals surface area contributed by atoms with Gasteiger partial charge < -0.3 is 15.4 Å². The van der Waals surface area contributed by atoms with E-state index in [0.29, 0.717) is 18.6 Å². The summed E-state index contributed by atoms with van der Waals surface area (Å²) in [7, 11) is 2.19. The van der Waals surface area contributed by atoms with E-state index in [-0.39, 0.29) is 0 Å². The maximum Gasteiger partial charge on any atom is 0.122 e. The van der Waals surface area contributed by atoms with E-state index in [4.69, 9.17) is 10.5 Å². The molecule has 2 aliphatic heterocycles. The second-order valence-corrected chi connectivity index (χ2v) is 6.07. The van der Waals surface area contributed by atoms with Crippen LogP contribution in [0.1, 0.15) is 24.1 Å². The predicted molar refractivity (Wildman–Crippen MR) is 81.1 cm³/mol. The number of fused-ring (bicyclic) bond motifs is 1. The van der Waals surface area contributed by atoms with Gasteiger partial charge in [-0.25, -0.2) is 0 Å². The lowest BCUT2D eigenvalue weighted by Crippen LogP contribution is -2.52. The third-order valence-corrected chi connectivity index (χ3v) is 4.60. The molecule has 3 rings (SSSR count). The Labute approximate surface area is 121 Å². The lowest BCUT2D eigenvalue weighted by atomic mass is 9.99. The second kappa shape index (κ2) is 5.72. The monoisotopic (exact) mass is 275 g/mol. The van der Waals surface area contributed by atoms with E-state index in [9.17, 15) is 0 Å². The van der Waals surface area contributed by atoms with Crippen molar-refractivity contribution in [2.75, 3.05) is 39.8 Å². The summed E-state index contributed by atoms with van der Waals surface area (Å²) in [4.78, 5) is 4.95. The summed E-state index contributed by atoms with van der Waals surface area (Å²) in [6.45, 7) is 7.12. The standard InChI is InChI=1S/C16H25N3O/c1-12-11-18(2)6-7-19(12)15(10-17)13-3-4-16-14(9-13)5-8-20-16/h3-4,9,12,15H,5-8,10-11,17H2,1-2H3. The van der Waals surface area contributed by atoms with E-state index in [1.54, 1.807) is 0 Å². The van der Waals surface area contributed by atoms with Gasteiger partial charge in [-0.2, -0.15) is 0 Å². The summed E-state index contributed by atoms with van der Waals surface area (Å²) in [6, 6.07) is 7.47. The Morgan fingerprint density at radius 1 is 1.40 bits per heavy atom. The highest BCUT2D eigenvalue weighted by atomic mass is 16.5. The SMILES string of the molecule is CC1CN(C)CCN1C(CN)c1ccc2c(c1)CCO2. The van der Waals surface area contributed by atoms with E-state index in [1.807, 2.05) is 0 Å². The average molecular weight is 275 g/mol. The van der Waals surface area contributed by atoms with Gasteiger partial charge in [0.1, 0.15) is 5.75 Å². The lowest BCUT2D eigenvalue weighted by Gasteiger charge is -2.42. The molecule has 2 atom stereocenters. The van der Waals surface area contributed by atoms with Crippen LogP contribution in [0.2, 0.25) is 0 Å². The molecular formula is C16H25N3O. The van der Waals surface area contributed by atoms with Crippen molar-refractivity contribution in [3.63, 3.8) is 0 Å². The number of nitrogens with two attached hydrogens (primary N) is 1. The van der Waals surface area contributed by atoms with Crippen LogP contribution in [-0.2, 0) is 6.42 Å². The van der Waals surface area contributed by atoms with Crippen LogP contribution in [0, 0.1) is 0 Å². The minimum Gasteiger partial charge on any atom is -0.493 e. The molecule has 4 heteroatoms. The molecule has 1 aromatic carbocycles. The summed E-state index contributed by atoms with van der Waals surface area (Å²) < 4.78 is 5.60. The zero-order valence-electron chi connectivity index (χ0n) is 12.5. The summed E-state index contributed by atoms with van der Waals surface area (Å²) in [5.74, 6) is 1.05. The fourth-order valence-corrected chi connectivity index (χ4v) is 3.49. The van der Waals surface area contributed by atoms with Gasteiger partial charge >= 0.3 is 0 Å². The lowest BCUT2D eigenvalue weighted by molar-refractivity contribution is 0.0635. The van der Waals surface area contributed by atoms with Crippen molar-refractivity contribution in [3.8, 4) is 5.75 Å². The maximum atomic E-state index is 6.09. The Morgan fingerprint density at radius 3 is 3.00 bits per heavy atom. The Hall–Kier alpha value is -1.10. The Balaban J connectivity index is 1.82. The predicted octanol–water partition coefficient (Wildman–Crippen LogP) is 1.26. The third kappa shape index (κ3) is 2.55. The molecule has 0 spiro atoms. The van der Waals surface area contributed by atoms with E-state index in [2.05, 4.69) is 42.0 Å². The molecule has 1 saturated heterocycles. The summed E-state index contributed by atoms with van der Waals surface area (Å²) in [5, 5.41) is 0. The Morgan fingerprint density at radius 2 is 2.25 bits per heavy atom. The molecule has 1 fully saturated rings. The largest absolute Gasteiger partial charge is 0.493 e. The first-order valence-corrected chi connectivity index (χ1v) is 7.59. The zero-order chi connectivity index (χ0) is 14.1. The molecule has 1 aromatic rings. The number of nitrogens with zero attached hydrogens (tertiary/aromatic N) is 2. The highest BCUT2D eigenvalue weighted by molar-refractivity contribution is 5.41. The minimum atomic E-state index is 0.324. The van der Waals surface area contributed by atoms with Crippen LogP contribution in [0.3, 0.4) is 0 Å². The fraction of sp³-hybridized carbons (Fsp3) is 0.625. The fourth-order valence-electron chi connectivity index (χ4n) is 3.49. The van der Waals surface area contributed by atoms with Gasteiger partial charge in [0.25, 0.3) is 0 Å². The van der Waals surface area contributed by atoms with E-state index >= 15 is 0 Å². The first kappa shape index (κ1) is 13.9. The molecule has 110 valence electrons. The molecule has 20 heavy (non-hydrogen) atoms. The molecule has 2 unspecified atom stereocenters. The van der Waals surface area contributed by atoms with Gasteiger partial charge in [0.2, 0.25) is 0 Å². The van der Waals surface area contributed by atoms with Gasteiger partial charge in [0, 0.05) is 44.7 Å². The van der Waals surface area contributed by atoms with Crippen molar-refractivity contribution >= 4 is 0 Å². The van der Waals surface area contributed by atoms with Crippen LogP contribution in [0.4, 0.5) is 0 Å². The molecule has 0 bridgehead atoms. The normalized spacial score (nSPS) is 25.2. The van der Waals surface area contributed by atoms with Gasteiger partial charge in [-0.3, -0.25) is 4.90 Å². The van der Waals surface area contributed by atoms with Crippen molar-refractivity contribution in [2.24, 2.45) is 5.73 Å². The van der Waals surface area contributed by atoms with Crippen LogP contribution in [0.5, 0.6) is 5.75 Å². The average Bonchev–Trinajstić information content (AvgIpc) is 2.89. The van der Waals surface area contributed by atoms with Crippen molar-refractivity contribution < 1.29 is 4.74 Å². The van der Waals surface area contributed by atoms with Gasteiger partial charge in [-0.15, -0.1) is 0 Å². The molecule has 2 heterocycles. The highest BCUT2D eigenvalue weighted by Crippen LogP contribution is 2.31. The Bertz CT molecular complexity index is 477. The summed E-state index contributed by atoms with van der Waals surface area (Å²) >= 11 is 0. The quantitative estimate of drug-likeness (QED) is 0.902. The van der Waals surface area contributed by atoms with Crippen molar-refractivity contribution in [1.82, 2.24) is 9.80 Å². The molecule has 0 aromatic heterocycles. The minimum absolute atomic E-state index is 0.324. The van der Waals surface area contributed by atoms with Gasteiger partial charge in [0.05, 0.1) is 6.61 Å². The highest BCUT2D eigenvalue weighted by Gasteiger charge is 2.29. The number of benzene rings is 1. The second-order valence-electron chi connectivity index (χ2n) is 6.07. The summed E-state index contributed by atoms with van der Waals surface area (Å²) in [5.41, 5.74) is 8.77. The molecule has 4 nitrogen and oxygen atoms in total. The molecule has 2 N–H and O–H groups in total. The maximum absolute atomic E-state index is 6.09. The number of likely N-dealkylation sites (N-methyl/N-ethyl adjacent to an activating group) is 1. The van der Waals surface area contributed by atoms with E-state index < -0.39 is 0 Å². The topological polar surface area (TPSA) is 41.7 Å². The first-order valence-electron chi connectivity index (χ1n) is 7.59. The van der Waals surface area contributed by atoms with Crippen LogP contribution < -0.4 is 10.5 Å². The zero-order valence-corrected chi connectivity index (χ0v) is 12.5. The molecular weight excluding hydrogens is 250 g/mol. The first-order chi connectivity index (χ1) is 9.69. The molecule has 0 amide bonds.